The zero-order valence-corrected chi connectivity index (χ0v) is 18.2. The first-order valence-corrected chi connectivity index (χ1v) is 10.0. The van der Waals surface area contributed by atoms with Gasteiger partial charge in [0.1, 0.15) is 12.6 Å². The van der Waals surface area contributed by atoms with Crippen LogP contribution in [0.2, 0.25) is 0 Å². The lowest BCUT2D eigenvalue weighted by Gasteiger charge is -2.28. The third-order valence-electron chi connectivity index (χ3n) is 4.54. The number of guanidine groups is 1. The van der Waals surface area contributed by atoms with Gasteiger partial charge in [-0.1, -0.05) is 40.2 Å². The molecule has 2 aromatic rings. The van der Waals surface area contributed by atoms with Crippen molar-refractivity contribution in [3.05, 3.63) is 69.7 Å². The highest BCUT2D eigenvalue weighted by molar-refractivity contribution is 9.10. The Morgan fingerprint density at radius 2 is 1.93 bits per heavy atom. The molecule has 0 aliphatic carbocycles. The van der Waals surface area contributed by atoms with E-state index >= 15 is 0 Å². The molecule has 0 saturated carbocycles. The minimum absolute atomic E-state index is 0.0588. The molecule has 2 aromatic carbocycles. The number of carbonyl (C=O) groups is 1. The molecule has 1 atom stereocenters. The van der Waals surface area contributed by atoms with E-state index in [0.717, 1.165) is 20.5 Å². The van der Waals surface area contributed by atoms with Crippen LogP contribution in [0.4, 0.5) is 8.78 Å². The van der Waals surface area contributed by atoms with Crippen LogP contribution in [0, 0.1) is 0 Å². The van der Waals surface area contributed by atoms with Gasteiger partial charge in [-0.2, -0.15) is 0 Å². The van der Waals surface area contributed by atoms with Gasteiger partial charge in [0.2, 0.25) is 0 Å². The Labute approximate surface area is 182 Å². The van der Waals surface area contributed by atoms with Gasteiger partial charge in [-0.05, 0) is 35.4 Å². The van der Waals surface area contributed by atoms with Crippen molar-refractivity contribution in [1.29, 1.82) is 0 Å². The topological polar surface area (TPSA) is 74.3 Å². The molecule has 1 aliphatic rings. The number of rotatable bonds is 4. The molecule has 0 fully saturated rings. The fourth-order valence-corrected chi connectivity index (χ4v) is 3.46. The largest absolute Gasteiger partial charge is 0.369 e. The summed E-state index contributed by atoms with van der Waals surface area (Å²) in [5.74, 6) is -3.14. The standard InChI is InChI=1S/C21H22BrF2N5O/c1-28(2)19(30)15-8-6-14(7-9-15)18(16-4-3-5-17(22)10-16)27-20(25)29-12-21(23,24)11-26-13-29/h3-10,13,18H,11-12H2,1-2H3,(H2,25,27). The van der Waals surface area contributed by atoms with Gasteiger partial charge in [-0.15, -0.1) is 0 Å². The number of amides is 1. The van der Waals surface area contributed by atoms with E-state index in [1.807, 2.05) is 24.3 Å². The van der Waals surface area contributed by atoms with Crippen LogP contribution in [0.3, 0.4) is 0 Å². The number of hydrogen-bond acceptors (Lipinski definition) is 3. The molecule has 158 valence electrons. The molecule has 3 rings (SSSR count). The average molecular weight is 478 g/mol. The molecule has 30 heavy (non-hydrogen) atoms. The SMILES string of the molecule is CN(C)C(=O)c1ccc(C(N=C(N)N2C=NCC(F)(F)C2)c2cccc(Br)c2)cc1. The second-order valence-electron chi connectivity index (χ2n) is 7.21. The Kier molecular flexibility index (Phi) is 6.50. The maximum absolute atomic E-state index is 13.7. The third-order valence-corrected chi connectivity index (χ3v) is 5.04. The van der Waals surface area contributed by atoms with Crippen molar-refractivity contribution < 1.29 is 13.6 Å². The first-order valence-electron chi connectivity index (χ1n) is 9.21. The third kappa shape index (κ3) is 5.21. The van der Waals surface area contributed by atoms with Crippen LogP contribution in [-0.4, -0.2) is 61.1 Å². The monoisotopic (exact) mass is 477 g/mol. The number of halogens is 3. The number of alkyl halides is 2. The highest BCUT2D eigenvalue weighted by Gasteiger charge is 2.35. The second kappa shape index (κ2) is 8.91. The highest BCUT2D eigenvalue weighted by Crippen LogP contribution is 2.29. The van der Waals surface area contributed by atoms with Gasteiger partial charge in [0, 0.05) is 24.1 Å². The second-order valence-corrected chi connectivity index (χ2v) is 8.12. The number of benzene rings is 2. The summed E-state index contributed by atoms with van der Waals surface area (Å²) in [5.41, 5.74) is 8.21. The van der Waals surface area contributed by atoms with Crippen LogP contribution in [0.1, 0.15) is 27.5 Å². The molecule has 6 nitrogen and oxygen atoms in total. The van der Waals surface area contributed by atoms with E-state index in [1.54, 1.807) is 38.4 Å². The van der Waals surface area contributed by atoms with Crippen molar-refractivity contribution in [3.8, 4) is 0 Å². The Hall–Kier alpha value is -2.81. The van der Waals surface area contributed by atoms with Crippen molar-refractivity contribution in [2.75, 3.05) is 27.2 Å². The molecular weight excluding hydrogens is 456 g/mol. The molecule has 0 saturated heterocycles. The van der Waals surface area contributed by atoms with Crippen molar-refractivity contribution >= 4 is 34.1 Å². The summed E-state index contributed by atoms with van der Waals surface area (Å²) in [6, 6.07) is 14.0. The number of aliphatic imine (C=N–C) groups is 2. The molecule has 9 heteroatoms. The Morgan fingerprint density at radius 3 is 2.53 bits per heavy atom. The molecule has 1 unspecified atom stereocenters. The number of hydrogen-bond donors (Lipinski definition) is 1. The summed E-state index contributed by atoms with van der Waals surface area (Å²) in [6.45, 7) is -1.14. The zero-order valence-electron chi connectivity index (χ0n) is 16.6. The van der Waals surface area contributed by atoms with E-state index in [9.17, 15) is 13.6 Å². The fraction of sp³-hybridized carbons (Fsp3) is 0.286. The summed E-state index contributed by atoms with van der Waals surface area (Å²) in [6.07, 6.45) is 1.28. The van der Waals surface area contributed by atoms with Crippen LogP contribution in [0.15, 0.2) is 63.0 Å². The smallest absolute Gasteiger partial charge is 0.284 e. The predicted octanol–water partition coefficient (Wildman–Crippen LogP) is 3.53. The van der Waals surface area contributed by atoms with Crippen molar-refractivity contribution in [2.24, 2.45) is 15.7 Å². The lowest BCUT2D eigenvalue weighted by Crippen LogP contribution is -2.48. The van der Waals surface area contributed by atoms with Crippen molar-refractivity contribution in [1.82, 2.24) is 9.80 Å². The number of nitrogens with zero attached hydrogens (tertiary/aromatic N) is 4. The van der Waals surface area contributed by atoms with Crippen LogP contribution in [-0.2, 0) is 0 Å². The van der Waals surface area contributed by atoms with Crippen LogP contribution >= 0.6 is 15.9 Å². The minimum Gasteiger partial charge on any atom is -0.369 e. The van der Waals surface area contributed by atoms with Gasteiger partial charge in [0.05, 0.1) is 12.9 Å². The molecule has 0 bridgehead atoms. The molecule has 0 spiro atoms. The Bertz CT molecular complexity index is 976. The average Bonchev–Trinajstić information content (AvgIpc) is 2.70. The first kappa shape index (κ1) is 21.9. The molecular formula is C21H22BrF2N5O. The number of carbonyl (C=O) groups excluding carboxylic acids is 1. The van der Waals surface area contributed by atoms with Gasteiger partial charge < -0.3 is 10.6 Å². The molecule has 1 amide bonds. The molecule has 0 radical (unpaired) electrons. The Morgan fingerprint density at radius 1 is 1.23 bits per heavy atom. The lowest BCUT2D eigenvalue weighted by atomic mass is 9.98. The molecule has 0 aromatic heterocycles. The maximum Gasteiger partial charge on any atom is 0.284 e. The van der Waals surface area contributed by atoms with E-state index in [4.69, 9.17) is 5.73 Å². The fourth-order valence-electron chi connectivity index (χ4n) is 3.04. The Balaban J connectivity index is 1.98. The quantitative estimate of drug-likeness (QED) is 0.540. The van der Waals surface area contributed by atoms with Gasteiger partial charge in [0.25, 0.3) is 11.8 Å². The molecule has 1 aliphatic heterocycles. The summed E-state index contributed by atoms with van der Waals surface area (Å²) >= 11 is 3.45. The maximum atomic E-state index is 13.7. The first-order chi connectivity index (χ1) is 14.2. The van der Waals surface area contributed by atoms with Gasteiger partial charge in [0.15, 0.2) is 5.96 Å². The lowest BCUT2D eigenvalue weighted by molar-refractivity contribution is -0.00298. The van der Waals surface area contributed by atoms with Crippen LogP contribution in [0.25, 0.3) is 0 Å². The van der Waals surface area contributed by atoms with Gasteiger partial charge in [-0.3, -0.25) is 14.7 Å². The van der Waals surface area contributed by atoms with E-state index in [2.05, 4.69) is 25.9 Å². The van der Waals surface area contributed by atoms with E-state index in [-0.39, 0.29) is 11.9 Å². The number of nitrogens with two attached hydrogens (primary N) is 1. The summed E-state index contributed by atoms with van der Waals surface area (Å²) in [4.78, 5) is 23.0. The van der Waals surface area contributed by atoms with Gasteiger partial charge in [-0.25, -0.2) is 13.8 Å². The van der Waals surface area contributed by atoms with Crippen molar-refractivity contribution in [2.45, 2.75) is 12.0 Å². The van der Waals surface area contributed by atoms with Crippen LogP contribution in [0.5, 0.6) is 0 Å². The zero-order chi connectivity index (χ0) is 21.9. The van der Waals surface area contributed by atoms with E-state index in [0.29, 0.717) is 5.56 Å². The van der Waals surface area contributed by atoms with Crippen molar-refractivity contribution in [3.63, 3.8) is 0 Å². The summed E-state index contributed by atoms with van der Waals surface area (Å²) < 4.78 is 28.3. The van der Waals surface area contributed by atoms with Gasteiger partial charge >= 0.3 is 0 Å². The minimum atomic E-state index is -2.96. The summed E-state index contributed by atoms with van der Waals surface area (Å²) in [7, 11) is 3.36. The normalized spacial score (nSPS) is 17.0. The van der Waals surface area contributed by atoms with Crippen LogP contribution < -0.4 is 5.73 Å². The van der Waals surface area contributed by atoms with E-state index < -0.39 is 25.1 Å². The van der Waals surface area contributed by atoms with E-state index in [1.165, 1.54) is 11.2 Å². The summed E-state index contributed by atoms with van der Waals surface area (Å²) in [5, 5.41) is 0. The molecule has 2 N–H and O–H groups in total. The highest BCUT2D eigenvalue weighted by atomic mass is 79.9. The molecule has 1 heterocycles. The predicted molar refractivity (Wildman–Crippen MR) is 117 cm³/mol.